The van der Waals surface area contributed by atoms with Crippen LogP contribution in [0.25, 0.3) is 10.8 Å². The lowest BCUT2D eigenvalue weighted by molar-refractivity contribution is 0.409. The summed E-state index contributed by atoms with van der Waals surface area (Å²) in [5, 5.41) is 8.55. The molecule has 150 valence electrons. The first-order chi connectivity index (χ1) is 13.2. The fourth-order valence-corrected chi connectivity index (χ4v) is 3.22. The Hall–Kier alpha value is -2.07. The zero-order valence-corrected chi connectivity index (χ0v) is 19.3. The lowest BCUT2D eigenvalue weighted by Crippen LogP contribution is -2.36. The number of ether oxygens (including phenoxy) is 1. The molecule has 0 amide bonds. The van der Waals surface area contributed by atoms with E-state index in [-0.39, 0.29) is 24.0 Å². The minimum atomic E-state index is 0. The van der Waals surface area contributed by atoms with E-state index in [1.807, 2.05) is 43.5 Å². The Bertz CT molecular complexity index is 894. The molecule has 0 saturated heterocycles. The number of aromatic nitrogens is 1. The molecule has 0 spiro atoms. The lowest BCUT2D eigenvalue weighted by Gasteiger charge is -2.11. The Morgan fingerprint density at radius 2 is 2.14 bits per heavy atom. The van der Waals surface area contributed by atoms with Gasteiger partial charge in [-0.1, -0.05) is 18.2 Å². The van der Waals surface area contributed by atoms with Gasteiger partial charge in [0.2, 0.25) is 5.89 Å². The summed E-state index contributed by atoms with van der Waals surface area (Å²) in [4.78, 5) is 10.2. The molecule has 0 radical (unpaired) electrons. The molecule has 0 unspecified atom stereocenters. The monoisotopic (exact) mass is 512 g/mol. The van der Waals surface area contributed by atoms with E-state index in [4.69, 9.17) is 9.15 Å². The highest BCUT2D eigenvalue weighted by Gasteiger charge is 2.08. The highest BCUT2D eigenvalue weighted by molar-refractivity contribution is 14.0. The number of aryl methyl sites for hydroxylation is 1. The predicted octanol–water partition coefficient (Wildman–Crippen LogP) is 4.59. The third kappa shape index (κ3) is 5.96. The zero-order chi connectivity index (χ0) is 19.1. The number of nitrogens with one attached hydrogen (secondary N) is 2. The van der Waals surface area contributed by atoms with Gasteiger partial charge in [-0.2, -0.15) is 0 Å². The first-order valence-corrected chi connectivity index (χ1v) is 9.71. The summed E-state index contributed by atoms with van der Waals surface area (Å²) in [5.41, 5.74) is 3.04. The van der Waals surface area contributed by atoms with Crippen molar-refractivity contribution in [2.24, 2.45) is 4.99 Å². The van der Waals surface area contributed by atoms with Crippen LogP contribution >= 0.6 is 35.3 Å². The maximum atomic E-state index is 5.55. The van der Waals surface area contributed by atoms with Crippen molar-refractivity contribution in [1.82, 2.24) is 15.6 Å². The van der Waals surface area contributed by atoms with Crippen molar-refractivity contribution >= 4 is 41.3 Å². The molecule has 2 aromatic heterocycles. The largest absolute Gasteiger partial charge is 0.496 e. The van der Waals surface area contributed by atoms with Gasteiger partial charge in [-0.05, 0) is 36.9 Å². The van der Waals surface area contributed by atoms with E-state index in [1.54, 1.807) is 24.7 Å². The van der Waals surface area contributed by atoms with Crippen LogP contribution in [0.5, 0.6) is 5.75 Å². The van der Waals surface area contributed by atoms with E-state index < -0.39 is 0 Å². The number of rotatable bonds is 7. The minimum absolute atomic E-state index is 0. The van der Waals surface area contributed by atoms with Crippen LogP contribution in [0, 0.1) is 6.92 Å². The second kappa shape index (κ2) is 11.1. The highest BCUT2D eigenvalue weighted by atomic mass is 127. The van der Waals surface area contributed by atoms with Crippen molar-refractivity contribution in [3.63, 3.8) is 0 Å². The van der Waals surface area contributed by atoms with Crippen LogP contribution in [0.2, 0.25) is 0 Å². The summed E-state index contributed by atoms with van der Waals surface area (Å²) in [6.45, 7) is 5.91. The highest BCUT2D eigenvalue weighted by Crippen LogP contribution is 2.23. The van der Waals surface area contributed by atoms with Crippen LogP contribution in [0.3, 0.4) is 0 Å². The summed E-state index contributed by atoms with van der Waals surface area (Å²) >= 11 is 1.61. The van der Waals surface area contributed by atoms with Crippen LogP contribution in [0.15, 0.2) is 51.4 Å². The number of hydrogen-bond acceptors (Lipinski definition) is 5. The Balaban J connectivity index is 0.00000280. The van der Waals surface area contributed by atoms with Gasteiger partial charge in [-0.15, -0.1) is 35.3 Å². The van der Waals surface area contributed by atoms with Gasteiger partial charge in [0.15, 0.2) is 5.96 Å². The first kappa shape index (κ1) is 22.2. The van der Waals surface area contributed by atoms with E-state index >= 15 is 0 Å². The van der Waals surface area contributed by atoms with Gasteiger partial charge in [-0.3, -0.25) is 0 Å². The maximum Gasteiger partial charge on any atom is 0.236 e. The van der Waals surface area contributed by atoms with Crippen LogP contribution in [-0.2, 0) is 13.1 Å². The summed E-state index contributed by atoms with van der Waals surface area (Å²) in [6.07, 6.45) is 1.68. The predicted molar refractivity (Wildman–Crippen MR) is 125 cm³/mol. The van der Waals surface area contributed by atoms with Gasteiger partial charge >= 0.3 is 0 Å². The molecule has 3 rings (SSSR count). The number of guanidine groups is 1. The van der Waals surface area contributed by atoms with Gasteiger partial charge in [0, 0.05) is 12.1 Å². The fraction of sp³-hybridized carbons (Fsp3) is 0.300. The molecular weight excluding hydrogens is 487 g/mol. The van der Waals surface area contributed by atoms with Gasteiger partial charge in [0.25, 0.3) is 0 Å². The van der Waals surface area contributed by atoms with Crippen LogP contribution in [0.4, 0.5) is 0 Å². The average molecular weight is 512 g/mol. The van der Waals surface area contributed by atoms with E-state index in [0.717, 1.165) is 40.0 Å². The molecule has 2 N–H and O–H groups in total. The van der Waals surface area contributed by atoms with Crippen molar-refractivity contribution in [3.05, 3.63) is 58.8 Å². The van der Waals surface area contributed by atoms with Crippen molar-refractivity contribution in [2.75, 3.05) is 13.7 Å². The van der Waals surface area contributed by atoms with Gasteiger partial charge in [0.05, 0.1) is 30.8 Å². The van der Waals surface area contributed by atoms with E-state index in [0.29, 0.717) is 19.0 Å². The first-order valence-electron chi connectivity index (χ1n) is 8.83. The third-order valence-electron chi connectivity index (χ3n) is 3.91. The minimum Gasteiger partial charge on any atom is -0.496 e. The maximum absolute atomic E-state index is 5.55. The molecule has 0 aliphatic rings. The van der Waals surface area contributed by atoms with E-state index in [2.05, 4.69) is 26.7 Å². The quantitative estimate of drug-likeness (QED) is 0.275. The summed E-state index contributed by atoms with van der Waals surface area (Å²) < 4.78 is 11.0. The molecule has 2 heterocycles. The summed E-state index contributed by atoms with van der Waals surface area (Å²) in [6, 6.07) is 10.1. The standard InChI is InChI=1S/C20H24N4O2S.HI/c1-4-21-20(22-11-15-8-7-14(2)10-17(15)25-3)23-12-16-13-26-19(24-16)18-6-5-9-27-18;/h5-10,13H,4,11-12H2,1-3H3,(H2,21,22,23);1H. The Morgan fingerprint density at radius 1 is 1.29 bits per heavy atom. The molecule has 1 aromatic carbocycles. The van der Waals surface area contributed by atoms with Gasteiger partial charge in [0.1, 0.15) is 12.0 Å². The number of oxazole rings is 1. The Labute approximate surface area is 186 Å². The Kier molecular flexibility index (Phi) is 8.78. The van der Waals surface area contributed by atoms with E-state index in [9.17, 15) is 0 Å². The SMILES string of the molecule is CCNC(=NCc1ccc(C)cc1OC)NCc1coc(-c2cccs2)n1.I. The zero-order valence-electron chi connectivity index (χ0n) is 16.2. The molecule has 8 heteroatoms. The molecular formula is C20H25IN4O2S. The van der Waals surface area contributed by atoms with Crippen molar-refractivity contribution in [3.8, 4) is 16.5 Å². The van der Waals surface area contributed by atoms with Crippen LogP contribution in [0.1, 0.15) is 23.7 Å². The number of hydrogen-bond donors (Lipinski definition) is 2. The van der Waals surface area contributed by atoms with Gasteiger partial charge in [-0.25, -0.2) is 9.98 Å². The second-order valence-electron chi connectivity index (χ2n) is 5.99. The number of aliphatic imine (C=N–C) groups is 1. The van der Waals surface area contributed by atoms with Crippen LogP contribution < -0.4 is 15.4 Å². The molecule has 0 aliphatic carbocycles. The van der Waals surface area contributed by atoms with Gasteiger partial charge < -0.3 is 19.8 Å². The van der Waals surface area contributed by atoms with Crippen molar-refractivity contribution < 1.29 is 9.15 Å². The topological polar surface area (TPSA) is 71.7 Å². The molecule has 0 fully saturated rings. The summed E-state index contributed by atoms with van der Waals surface area (Å²) in [7, 11) is 1.68. The average Bonchev–Trinajstić information content (AvgIpc) is 3.36. The number of methoxy groups -OCH3 is 1. The molecule has 28 heavy (non-hydrogen) atoms. The van der Waals surface area contributed by atoms with Crippen molar-refractivity contribution in [2.45, 2.75) is 26.9 Å². The third-order valence-corrected chi connectivity index (χ3v) is 4.77. The number of benzene rings is 1. The number of halogens is 1. The number of thiophene rings is 1. The lowest BCUT2D eigenvalue weighted by atomic mass is 10.1. The molecule has 3 aromatic rings. The fourth-order valence-electron chi connectivity index (χ4n) is 2.56. The molecule has 0 bridgehead atoms. The molecule has 0 aliphatic heterocycles. The summed E-state index contributed by atoms with van der Waals surface area (Å²) in [5.74, 6) is 2.22. The number of nitrogens with zero attached hydrogens (tertiary/aromatic N) is 2. The molecule has 6 nitrogen and oxygen atoms in total. The van der Waals surface area contributed by atoms with E-state index in [1.165, 1.54) is 0 Å². The Morgan fingerprint density at radius 3 is 2.86 bits per heavy atom. The normalized spacial score (nSPS) is 11.0. The smallest absolute Gasteiger partial charge is 0.236 e. The second-order valence-corrected chi connectivity index (χ2v) is 6.93. The van der Waals surface area contributed by atoms with Crippen molar-refractivity contribution in [1.29, 1.82) is 0 Å². The molecule has 0 atom stereocenters. The van der Waals surface area contributed by atoms with Crippen LogP contribution in [-0.4, -0.2) is 24.6 Å². The molecule has 0 saturated carbocycles.